The van der Waals surface area contributed by atoms with Gasteiger partial charge >= 0.3 is 0 Å². The van der Waals surface area contributed by atoms with Crippen molar-refractivity contribution >= 4 is 11.8 Å². The number of morpholine rings is 1. The molecule has 0 spiro atoms. The molecule has 0 aliphatic carbocycles. The standard InChI is InChI=1S/C13H16N2O3/c1-9-8-15(6-7-18-9)13(17)11-4-2-10(3-5-11)12(14)16/h2-5,9H,6-8H2,1H3,(H2,14,16). The molecule has 0 bridgehead atoms. The van der Waals surface area contributed by atoms with Crippen LogP contribution < -0.4 is 5.73 Å². The molecule has 0 saturated carbocycles. The summed E-state index contributed by atoms with van der Waals surface area (Å²) in [4.78, 5) is 24.9. The van der Waals surface area contributed by atoms with Gasteiger partial charge < -0.3 is 15.4 Å². The number of primary amides is 1. The lowest BCUT2D eigenvalue weighted by atomic mass is 10.1. The Kier molecular flexibility index (Phi) is 3.62. The van der Waals surface area contributed by atoms with Crippen molar-refractivity contribution < 1.29 is 14.3 Å². The van der Waals surface area contributed by atoms with Gasteiger partial charge in [0.05, 0.1) is 12.7 Å². The number of hydrogen-bond donors (Lipinski definition) is 1. The topological polar surface area (TPSA) is 72.6 Å². The van der Waals surface area contributed by atoms with E-state index in [1.54, 1.807) is 29.2 Å². The molecule has 2 amide bonds. The van der Waals surface area contributed by atoms with Crippen molar-refractivity contribution in [1.82, 2.24) is 4.90 Å². The Hall–Kier alpha value is -1.88. The molecule has 0 radical (unpaired) electrons. The second kappa shape index (κ2) is 5.18. The first kappa shape index (κ1) is 12.6. The second-order valence-electron chi connectivity index (χ2n) is 4.37. The quantitative estimate of drug-likeness (QED) is 0.835. The number of benzene rings is 1. The van der Waals surface area contributed by atoms with Gasteiger partial charge in [-0.2, -0.15) is 0 Å². The van der Waals surface area contributed by atoms with Gasteiger partial charge in [-0.15, -0.1) is 0 Å². The van der Waals surface area contributed by atoms with E-state index in [1.165, 1.54) is 0 Å². The fourth-order valence-corrected chi connectivity index (χ4v) is 1.96. The minimum Gasteiger partial charge on any atom is -0.375 e. The number of carbonyl (C=O) groups is 2. The number of ether oxygens (including phenoxy) is 1. The SMILES string of the molecule is CC1CN(C(=O)c2ccc(C(N)=O)cc2)CCO1. The zero-order valence-corrected chi connectivity index (χ0v) is 10.3. The molecule has 1 saturated heterocycles. The van der Waals surface area contributed by atoms with Gasteiger partial charge in [0.2, 0.25) is 5.91 Å². The van der Waals surface area contributed by atoms with Gasteiger partial charge in [0.25, 0.3) is 5.91 Å². The summed E-state index contributed by atoms with van der Waals surface area (Å²) in [6, 6.07) is 6.39. The third kappa shape index (κ3) is 2.68. The average molecular weight is 248 g/mol. The van der Waals surface area contributed by atoms with Crippen LogP contribution in [0.4, 0.5) is 0 Å². The Labute approximate surface area is 106 Å². The molecular weight excluding hydrogens is 232 g/mol. The van der Waals surface area contributed by atoms with Gasteiger partial charge in [0.15, 0.2) is 0 Å². The molecule has 18 heavy (non-hydrogen) atoms. The minimum atomic E-state index is -0.492. The van der Waals surface area contributed by atoms with E-state index in [0.29, 0.717) is 30.8 Å². The molecule has 2 rings (SSSR count). The third-order valence-corrected chi connectivity index (χ3v) is 2.94. The highest BCUT2D eigenvalue weighted by Crippen LogP contribution is 2.11. The molecular formula is C13H16N2O3. The summed E-state index contributed by atoms with van der Waals surface area (Å²) in [7, 11) is 0. The molecule has 1 heterocycles. The molecule has 1 aliphatic rings. The van der Waals surface area contributed by atoms with Crippen LogP contribution in [-0.4, -0.2) is 42.5 Å². The van der Waals surface area contributed by atoms with Gasteiger partial charge in [-0.3, -0.25) is 9.59 Å². The highest BCUT2D eigenvalue weighted by atomic mass is 16.5. The molecule has 1 atom stereocenters. The molecule has 1 unspecified atom stereocenters. The van der Waals surface area contributed by atoms with Crippen LogP contribution in [0.5, 0.6) is 0 Å². The molecule has 2 N–H and O–H groups in total. The van der Waals surface area contributed by atoms with Crippen LogP contribution in [0.2, 0.25) is 0 Å². The van der Waals surface area contributed by atoms with Crippen molar-refractivity contribution in [2.75, 3.05) is 19.7 Å². The Balaban J connectivity index is 2.10. The first-order valence-corrected chi connectivity index (χ1v) is 5.88. The summed E-state index contributed by atoms with van der Waals surface area (Å²) in [5, 5.41) is 0. The number of carbonyl (C=O) groups excluding carboxylic acids is 2. The Bertz CT molecular complexity index is 456. The predicted octanol–water partition coefficient (Wildman–Crippen LogP) is 0.646. The summed E-state index contributed by atoms with van der Waals surface area (Å²) in [6.07, 6.45) is 0.0626. The molecule has 5 nitrogen and oxygen atoms in total. The highest BCUT2D eigenvalue weighted by molar-refractivity contribution is 5.97. The van der Waals surface area contributed by atoms with Gasteiger partial charge in [-0.05, 0) is 31.2 Å². The van der Waals surface area contributed by atoms with E-state index >= 15 is 0 Å². The van der Waals surface area contributed by atoms with E-state index in [2.05, 4.69) is 0 Å². The van der Waals surface area contributed by atoms with Crippen LogP contribution in [-0.2, 0) is 4.74 Å². The van der Waals surface area contributed by atoms with Crippen LogP contribution >= 0.6 is 0 Å². The van der Waals surface area contributed by atoms with Crippen LogP contribution in [0.15, 0.2) is 24.3 Å². The maximum Gasteiger partial charge on any atom is 0.254 e. The van der Waals surface area contributed by atoms with Crippen LogP contribution in [0.25, 0.3) is 0 Å². The lowest BCUT2D eigenvalue weighted by Gasteiger charge is -2.31. The zero-order chi connectivity index (χ0) is 13.1. The van der Waals surface area contributed by atoms with E-state index in [1.807, 2.05) is 6.92 Å². The molecule has 0 aromatic heterocycles. The van der Waals surface area contributed by atoms with Gasteiger partial charge in [-0.1, -0.05) is 0 Å². The Morgan fingerprint density at radius 2 is 1.89 bits per heavy atom. The van der Waals surface area contributed by atoms with Crippen molar-refractivity contribution in [2.45, 2.75) is 13.0 Å². The first-order chi connectivity index (χ1) is 8.58. The van der Waals surface area contributed by atoms with E-state index in [0.717, 1.165) is 0 Å². The van der Waals surface area contributed by atoms with Crippen molar-refractivity contribution in [3.05, 3.63) is 35.4 Å². The summed E-state index contributed by atoms with van der Waals surface area (Å²) in [5.41, 5.74) is 6.12. The summed E-state index contributed by atoms with van der Waals surface area (Å²) in [6.45, 7) is 3.69. The smallest absolute Gasteiger partial charge is 0.254 e. The predicted molar refractivity (Wildman–Crippen MR) is 66.3 cm³/mol. The molecule has 1 fully saturated rings. The maximum atomic E-state index is 12.2. The van der Waals surface area contributed by atoms with Gasteiger partial charge in [0, 0.05) is 24.2 Å². The highest BCUT2D eigenvalue weighted by Gasteiger charge is 2.22. The van der Waals surface area contributed by atoms with E-state index in [9.17, 15) is 9.59 Å². The van der Waals surface area contributed by atoms with E-state index in [-0.39, 0.29) is 12.0 Å². The zero-order valence-electron chi connectivity index (χ0n) is 10.3. The molecule has 96 valence electrons. The van der Waals surface area contributed by atoms with Crippen LogP contribution in [0.1, 0.15) is 27.6 Å². The van der Waals surface area contributed by atoms with Crippen molar-refractivity contribution in [3.63, 3.8) is 0 Å². The first-order valence-electron chi connectivity index (χ1n) is 5.88. The number of nitrogens with zero attached hydrogens (tertiary/aromatic N) is 1. The van der Waals surface area contributed by atoms with Crippen LogP contribution in [0, 0.1) is 0 Å². The monoisotopic (exact) mass is 248 g/mol. The molecule has 1 aromatic carbocycles. The number of nitrogens with two attached hydrogens (primary N) is 1. The average Bonchev–Trinajstić information content (AvgIpc) is 2.38. The van der Waals surface area contributed by atoms with E-state index < -0.39 is 5.91 Å². The number of amides is 2. The minimum absolute atomic E-state index is 0.0406. The lowest BCUT2D eigenvalue weighted by Crippen LogP contribution is -2.44. The van der Waals surface area contributed by atoms with Crippen LogP contribution in [0.3, 0.4) is 0 Å². The maximum absolute atomic E-state index is 12.2. The largest absolute Gasteiger partial charge is 0.375 e. The van der Waals surface area contributed by atoms with E-state index in [4.69, 9.17) is 10.5 Å². The normalized spacial score (nSPS) is 19.6. The molecule has 5 heteroatoms. The molecule has 1 aromatic rings. The Morgan fingerprint density at radius 3 is 2.44 bits per heavy atom. The number of hydrogen-bond acceptors (Lipinski definition) is 3. The Morgan fingerprint density at radius 1 is 1.28 bits per heavy atom. The van der Waals surface area contributed by atoms with Crippen molar-refractivity contribution in [2.24, 2.45) is 5.73 Å². The fourth-order valence-electron chi connectivity index (χ4n) is 1.96. The summed E-state index contributed by atoms with van der Waals surface area (Å²) >= 11 is 0. The van der Waals surface area contributed by atoms with Crippen molar-refractivity contribution in [1.29, 1.82) is 0 Å². The lowest BCUT2D eigenvalue weighted by molar-refractivity contribution is -0.0124. The molecule has 1 aliphatic heterocycles. The van der Waals surface area contributed by atoms with Crippen molar-refractivity contribution in [3.8, 4) is 0 Å². The van der Waals surface area contributed by atoms with Gasteiger partial charge in [-0.25, -0.2) is 0 Å². The third-order valence-electron chi connectivity index (χ3n) is 2.94. The second-order valence-corrected chi connectivity index (χ2v) is 4.37. The fraction of sp³-hybridized carbons (Fsp3) is 0.385. The summed E-state index contributed by atoms with van der Waals surface area (Å²) < 4.78 is 5.39. The number of rotatable bonds is 2. The van der Waals surface area contributed by atoms with Gasteiger partial charge in [0.1, 0.15) is 0 Å². The summed E-state index contributed by atoms with van der Waals surface area (Å²) in [5.74, 6) is -0.532.